The van der Waals surface area contributed by atoms with Gasteiger partial charge < -0.3 is 20.1 Å². The SMILES string of the molecule is Cc1ccc2c(c1)C(=O)OC(Nc1ccc(OC3=CCCC=C3)cc1)N2. The van der Waals surface area contributed by atoms with Crippen molar-refractivity contribution in [2.24, 2.45) is 0 Å². The molecule has 5 heteroatoms. The van der Waals surface area contributed by atoms with Gasteiger partial charge in [-0.2, -0.15) is 0 Å². The van der Waals surface area contributed by atoms with Gasteiger partial charge in [-0.25, -0.2) is 4.79 Å². The Labute approximate surface area is 152 Å². The normalized spacial score (nSPS) is 18.3. The van der Waals surface area contributed by atoms with Gasteiger partial charge in [-0.1, -0.05) is 17.7 Å². The number of carbonyl (C=O) groups is 1. The Balaban J connectivity index is 1.41. The van der Waals surface area contributed by atoms with Crippen LogP contribution in [0.1, 0.15) is 28.8 Å². The van der Waals surface area contributed by atoms with E-state index < -0.39 is 6.35 Å². The molecular formula is C21H20N2O3. The van der Waals surface area contributed by atoms with E-state index in [1.807, 2.05) is 55.5 Å². The van der Waals surface area contributed by atoms with Crippen LogP contribution in [0.4, 0.5) is 11.4 Å². The molecule has 132 valence electrons. The van der Waals surface area contributed by atoms with E-state index in [2.05, 4.69) is 22.8 Å². The van der Waals surface area contributed by atoms with Gasteiger partial charge in [0, 0.05) is 5.69 Å². The summed E-state index contributed by atoms with van der Waals surface area (Å²) < 4.78 is 11.2. The van der Waals surface area contributed by atoms with Crippen LogP contribution in [0.25, 0.3) is 0 Å². The molecule has 2 aromatic carbocycles. The zero-order valence-corrected chi connectivity index (χ0v) is 14.5. The van der Waals surface area contributed by atoms with Crippen LogP contribution in [-0.2, 0) is 4.74 Å². The van der Waals surface area contributed by atoms with E-state index in [1.54, 1.807) is 0 Å². The van der Waals surface area contributed by atoms with Crippen LogP contribution in [0.2, 0.25) is 0 Å². The number of hydrogen-bond acceptors (Lipinski definition) is 5. The number of anilines is 2. The first kappa shape index (κ1) is 16.3. The zero-order valence-electron chi connectivity index (χ0n) is 14.5. The average molecular weight is 348 g/mol. The largest absolute Gasteiger partial charge is 0.458 e. The van der Waals surface area contributed by atoms with Gasteiger partial charge in [0.05, 0.1) is 11.3 Å². The highest BCUT2D eigenvalue weighted by atomic mass is 16.6. The Hall–Kier alpha value is -3.21. The lowest BCUT2D eigenvalue weighted by Gasteiger charge is -2.28. The molecule has 0 bridgehead atoms. The number of hydrogen-bond donors (Lipinski definition) is 2. The molecule has 0 saturated carbocycles. The van der Waals surface area contributed by atoms with Crippen LogP contribution in [0.5, 0.6) is 5.75 Å². The van der Waals surface area contributed by atoms with E-state index in [4.69, 9.17) is 9.47 Å². The predicted molar refractivity (Wildman–Crippen MR) is 101 cm³/mol. The van der Waals surface area contributed by atoms with Gasteiger partial charge in [0.1, 0.15) is 11.5 Å². The maximum Gasteiger partial charge on any atom is 0.343 e. The Kier molecular flexibility index (Phi) is 4.35. The van der Waals surface area contributed by atoms with E-state index in [1.165, 1.54) is 0 Å². The maximum absolute atomic E-state index is 12.2. The lowest BCUT2D eigenvalue weighted by atomic mass is 10.1. The summed E-state index contributed by atoms with van der Waals surface area (Å²) in [7, 11) is 0. The van der Waals surface area contributed by atoms with E-state index in [-0.39, 0.29) is 5.97 Å². The van der Waals surface area contributed by atoms with Crippen molar-refractivity contribution in [1.29, 1.82) is 0 Å². The summed E-state index contributed by atoms with van der Waals surface area (Å²) >= 11 is 0. The minimum Gasteiger partial charge on any atom is -0.458 e. The molecule has 0 spiro atoms. The highest BCUT2D eigenvalue weighted by Crippen LogP contribution is 2.26. The Morgan fingerprint density at radius 2 is 2.00 bits per heavy atom. The summed E-state index contributed by atoms with van der Waals surface area (Å²) in [6.07, 6.45) is 7.62. The number of carbonyl (C=O) groups excluding carboxylic acids is 1. The highest BCUT2D eigenvalue weighted by Gasteiger charge is 2.25. The molecule has 2 N–H and O–H groups in total. The van der Waals surface area contributed by atoms with Gasteiger partial charge in [-0.05, 0) is 68.3 Å². The lowest BCUT2D eigenvalue weighted by molar-refractivity contribution is 0.0385. The molecule has 4 rings (SSSR count). The Morgan fingerprint density at radius 3 is 2.77 bits per heavy atom. The molecule has 0 amide bonds. The predicted octanol–water partition coefficient (Wildman–Crippen LogP) is 4.59. The fourth-order valence-corrected chi connectivity index (χ4v) is 2.93. The molecule has 5 nitrogen and oxygen atoms in total. The van der Waals surface area contributed by atoms with Crippen molar-refractivity contribution >= 4 is 17.3 Å². The number of fused-ring (bicyclic) bond motifs is 1. The van der Waals surface area contributed by atoms with Crippen molar-refractivity contribution in [2.75, 3.05) is 10.6 Å². The molecule has 1 heterocycles. The zero-order chi connectivity index (χ0) is 17.9. The second-order valence-electron chi connectivity index (χ2n) is 6.34. The number of rotatable bonds is 4. The molecule has 2 aromatic rings. The van der Waals surface area contributed by atoms with E-state index >= 15 is 0 Å². The van der Waals surface area contributed by atoms with E-state index in [0.717, 1.165) is 41.3 Å². The number of cyclic esters (lactones) is 1. The lowest BCUT2D eigenvalue weighted by Crippen LogP contribution is -2.38. The molecule has 26 heavy (non-hydrogen) atoms. The number of ether oxygens (including phenoxy) is 2. The second-order valence-corrected chi connectivity index (χ2v) is 6.34. The van der Waals surface area contributed by atoms with Crippen LogP contribution in [0.15, 0.2) is 66.5 Å². The third-order valence-electron chi connectivity index (χ3n) is 4.26. The standard InChI is InChI=1S/C21H20N2O3/c1-14-7-12-19-18(13-14)20(24)26-21(23-19)22-15-8-10-17(11-9-15)25-16-5-3-2-4-6-16/h3,5-13,21-23H,2,4H2,1H3. The van der Waals surface area contributed by atoms with E-state index in [9.17, 15) is 4.79 Å². The summed E-state index contributed by atoms with van der Waals surface area (Å²) in [6, 6.07) is 13.2. The van der Waals surface area contributed by atoms with Crippen LogP contribution < -0.4 is 15.4 Å². The maximum atomic E-state index is 12.2. The van der Waals surface area contributed by atoms with Crippen molar-refractivity contribution in [3.63, 3.8) is 0 Å². The third-order valence-corrected chi connectivity index (χ3v) is 4.26. The molecule has 0 aromatic heterocycles. The molecule has 0 saturated heterocycles. The van der Waals surface area contributed by atoms with Gasteiger partial charge in [-0.15, -0.1) is 0 Å². The van der Waals surface area contributed by atoms with Crippen molar-refractivity contribution < 1.29 is 14.3 Å². The fourth-order valence-electron chi connectivity index (χ4n) is 2.93. The van der Waals surface area contributed by atoms with Gasteiger partial charge >= 0.3 is 5.97 Å². The van der Waals surface area contributed by atoms with E-state index in [0.29, 0.717) is 5.56 Å². The number of aryl methyl sites for hydroxylation is 1. The molecule has 0 radical (unpaired) electrons. The summed E-state index contributed by atoms with van der Waals surface area (Å²) in [5, 5.41) is 6.34. The second kappa shape index (κ2) is 6.96. The van der Waals surface area contributed by atoms with Crippen LogP contribution in [0.3, 0.4) is 0 Å². The number of benzene rings is 2. The molecule has 1 unspecified atom stereocenters. The van der Waals surface area contributed by atoms with Crippen LogP contribution >= 0.6 is 0 Å². The minimum atomic E-state index is -0.617. The van der Waals surface area contributed by atoms with Gasteiger partial charge in [0.15, 0.2) is 0 Å². The molecule has 0 fully saturated rings. The topological polar surface area (TPSA) is 59.6 Å². The van der Waals surface area contributed by atoms with Crippen molar-refractivity contribution in [2.45, 2.75) is 26.1 Å². The monoisotopic (exact) mass is 348 g/mol. The fraction of sp³-hybridized carbons (Fsp3) is 0.190. The van der Waals surface area contributed by atoms with Crippen molar-refractivity contribution in [3.05, 3.63) is 77.6 Å². The molecular weight excluding hydrogens is 328 g/mol. The van der Waals surface area contributed by atoms with Crippen LogP contribution in [0, 0.1) is 6.92 Å². The summed E-state index contributed by atoms with van der Waals surface area (Å²) in [5.41, 5.74) is 3.17. The van der Waals surface area contributed by atoms with Gasteiger partial charge in [0.2, 0.25) is 0 Å². The van der Waals surface area contributed by atoms with Gasteiger partial charge in [-0.3, -0.25) is 0 Å². The molecule has 1 atom stereocenters. The number of nitrogens with one attached hydrogen (secondary N) is 2. The molecule has 1 aliphatic carbocycles. The minimum absolute atomic E-state index is 0.337. The number of allylic oxidation sites excluding steroid dienone is 3. The first-order valence-electron chi connectivity index (χ1n) is 8.67. The smallest absolute Gasteiger partial charge is 0.343 e. The van der Waals surface area contributed by atoms with Crippen molar-refractivity contribution in [1.82, 2.24) is 0 Å². The van der Waals surface area contributed by atoms with Crippen molar-refractivity contribution in [3.8, 4) is 5.75 Å². The number of esters is 1. The first-order chi connectivity index (χ1) is 12.7. The Morgan fingerprint density at radius 1 is 1.15 bits per heavy atom. The first-order valence-corrected chi connectivity index (χ1v) is 8.67. The molecule has 2 aliphatic rings. The third kappa shape index (κ3) is 3.57. The van der Waals surface area contributed by atoms with Crippen LogP contribution in [-0.4, -0.2) is 12.3 Å². The van der Waals surface area contributed by atoms with Gasteiger partial charge in [0.25, 0.3) is 6.35 Å². The highest BCUT2D eigenvalue weighted by molar-refractivity contribution is 5.97. The average Bonchev–Trinajstić information content (AvgIpc) is 2.65. The molecule has 1 aliphatic heterocycles. The quantitative estimate of drug-likeness (QED) is 0.792. The summed E-state index contributed by atoms with van der Waals surface area (Å²) in [4.78, 5) is 12.2. The Bertz CT molecular complexity index is 885. The summed E-state index contributed by atoms with van der Waals surface area (Å²) in [6.45, 7) is 1.95. The summed E-state index contributed by atoms with van der Waals surface area (Å²) in [5.74, 6) is 1.30.